The standard InChI is InChI=1S/C12H11N3O2S/c1-7(5-13)6-14-11(16)8-2-3-9-10(4-8)17-12(18)15-9/h2-4,7H,6H2,1H3,(H,14,16)(H,15,18). The summed E-state index contributed by atoms with van der Waals surface area (Å²) in [4.78, 5) is 15.0. The fraction of sp³-hybridized carbons (Fsp3) is 0.250. The van der Waals surface area contributed by atoms with Crippen LogP contribution in [0.1, 0.15) is 17.3 Å². The minimum absolute atomic E-state index is 0.214. The molecule has 0 aliphatic rings. The molecular formula is C12H11N3O2S. The maximum absolute atomic E-state index is 11.8. The summed E-state index contributed by atoms with van der Waals surface area (Å²) in [6.45, 7) is 2.07. The largest absolute Gasteiger partial charge is 0.429 e. The van der Waals surface area contributed by atoms with E-state index in [9.17, 15) is 4.79 Å². The monoisotopic (exact) mass is 261 g/mol. The maximum atomic E-state index is 11.8. The highest BCUT2D eigenvalue weighted by Gasteiger charge is 2.09. The molecule has 0 fully saturated rings. The number of nitrogens with zero attached hydrogens (tertiary/aromatic N) is 1. The predicted molar refractivity (Wildman–Crippen MR) is 68.5 cm³/mol. The van der Waals surface area contributed by atoms with Gasteiger partial charge in [-0.15, -0.1) is 0 Å². The molecule has 5 nitrogen and oxygen atoms in total. The molecule has 1 aromatic heterocycles. The van der Waals surface area contributed by atoms with Crippen LogP contribution in [0.4, 0.5) is 0 Å². The minimum Gasteiger partial charge on any atom is -0.429 e. The van der Waals surface area contributed by atoms with Crippen molar-refractivity contribution in [3.63, 3.8) is 0 Å². The second-order valence-corrected chi connectivity index (χ2v) is 4.34. The molecule has 1 unspecified atom stereocenters. The fourth-order valence-electron chi connectivity index (χ4n) is 1.48. The van der Waals surface area contributed by atoms with E-state index in [0.29, 0.717) is 17.7 Å². The molecular weight excluding hydrogens is 250 g/mol. The second-order valence-electron chi connectivity index (χ2n) is 3.97. The third kappa shape index (κ3) is 2.57. The van der Waals surface area contributed by atoms with Crippen LogP contribution in [0.25, 0.3) is 11.1 Å². The van der Waals surface area contributed by atoms with E-state index in [0.717, 1.165) is 5.52 Å². The quantitative estimate of drug-likeness (QED) is 0.831. The number of rotatable bonds is 3. The molecule has 0 aliphatic heterocycles. The number of carbonyl (C=O) groups is 1. The third-order valence-corrected chi connectivity index (χ3v) is 2.66. The lowest BCUT2D eigenvalue weighted by atomic mass is 10.1. The van der Waals surface area contributed by atoms with Gasteiger partial charge >= 0.3 is 0 Å². The Morgan fingerprint density at radius 1 is 1.67 bits per heavy atom. The maximum Gasteiger partial charge on any atom is 0.266 e. The Labute approximate surface area is 108 Å². The highest BCUT2D eigenvalue weighted by molar-refractivity contribution is 7.71. The van der Waals surface area contributed by atoms with Crippen molar-refractivity contribution < 1.29 is 9.21 Å². The van der Waals surface area contributed by atoms with Gasteiger partial charge in [-0.05, 0) is 37.3 Å². The Hall–Kier alpha value is -2.13. The van der Waals surface area contributed by atoms with E-state index in [1.807, 2.05) is 0 Å². The van der Waals surface area contributed by atoms with Crippen LogP contribution in [-0.4, -0.2) is 17.4 Å². The van der Waals surface area contributed by atoms with Gasteiger partial charge < -0.3 is 14.7 Å². The van der Waals surface area contributed by atoms with Crippen molar-refractivity contribution in [2.75, 3.05) is 6.54 Å². The van der Waals surface area contributed by atoms with E-state index >= 15 is 0 Å². The first-order valence-electron chi connectivity index (χ1n) is 5.41. The number of aromatic amines is 1. The summed E-state index contributed by atoms with van der Waals surface area (Å²) < 4.78 is 5.23. The number of hydrogen-bond acceptors (Lipinski definition) is 4. The molecule has 1 heterocycles. The molecule has 2 N–H and O–H groups in total. The lowest BCUT2D eigenvalue weighted by Gasteiger charge is -2.05. The number of carbonyl (C=O) groups excluding carboxylic acids is 1. The summed E-state index contributed by atoms with van der Waals surface area (Å²) in [5.74, 6) is -0.449. The van der Waals surface area contributed by atoms with Crippen molar-refractivity contribution in [3.05, 3.63) is 28.6 Å². The van der Waals surface area contributed by atoms with Gasteiger partial charge in [-0.3, -0.25) is 4.79 Å². The smallest absolute Gasteiger partial charge is 0.266 e. The molecule has 18 heavy (non-hydrogen) atoms. The van der Waals surface area contributed by atoms with Gasteiger partial charge in [0.1, 0.15) is 0 Å². The van der Waals surface area contributed by atoms with E-state index in [1.54, 1.807) is 25.1 Å². The number of fused-ring (bicyclic) bond motifs is 1. The summed E-state index contributed by atoms with van der Waals surface area (Å²) in [7, 11) is 0. The zero-order valence-electron chi connectivity index (χ0n) is 9.69. The first-order valence-corrected chi connectivity index (χ1v) is 5.81. The molecule has 0 radical (unpaired) electrons. The van der Waals surface area contributed by atoms with Crippen LogP contribution in [0.5, 0.6) is 0 Å². The normalized spacial score (nSPS) is 12.0. The molecule has 1 amide bonds. The van der Waals surface area contributed by atoms with Crippen molar-refractivity contribution in [2.45, 2.75) is 6.92 Å². The summed E-state index contributed by atoms with van der Waals surface area (Å²) in [5, 5.41) is 11.3. The van der Waals surface area contributed by atoms with Crippen molar-refractivity contribution in [1.82, 2.24) is 10.3 Å². The van der Waals surface area contributed by atoms with E-state index in [4.69, 9.17) is 21.9 Å². The number of nitriles is 1. The average molecular weight is 261 g/mol. The van der Waals surface area contributed by atoms with Crippen LogP contribution in [0.3, 0.4) is 0 Å². The van der Waals surface area contributed by atoms with Crippen molar-refractivity contribution in [2.24, 2.45) is 5.92 Å². The second kappa shape index (κ2) is 5.02. The number of benzene rings is 1. The van der Waals surface area contributed by atoms with E-state index in [-0.39, 0.29) is 16.7 Å². The van der Waals surface area contributed by atoms with Gasteiger partial charge in [-0.25, -0.2) is 0 Å². The highest BCUT2D eigenvalue weighted by atomic mass is 32.1. The Bertz CT molecular complexity index is 680. The van der Waals surface area contributed by atoms with Crippen LogP contribution >= 0.6 is 12.2 Å². The average Bonchev–Trinajstić information content (AvgIpc) is 2.74. The molecule has 0 saturated carbocycles. The van der Waals surface area contributed by atoms with Crippen molar-refractivity contribution in [1.29, 1.82) is 5.26 Å². The molecule has 1 atom stereocenters. The predicted octanol–water partition coefficient (Wildman–Crippen LogP) is 2.38. The number of nitrogens with one attached hydrogen (secondary N) is 2. The van der Waals surface area contributed by atoms with Crippen LogP contribution in [0.15, 0.2) is 22.6 Å². The molecule has 0 saturated heterocycles. The van der Waals surface area contributed by atoms with Crippen molar-refractivity contribution in [3.8, 4) is 6.07 Å². The third-order valence-electron chi connectivity index (χ3n) is 2.47. The molecule has 0 aliphatic carbocycles. The number of oxazole rings is 1. The Kier molecular flexibility index (Phi) is 3.44. The van der Waals surface area contributed by atoms with Gasteiger partial charge in [0.15, 0.2) is 5.58 Å². The van der Waals surface area contributed by atoms with Gasteiger partial charge in [-0.1, -0.05) is 0 Å². The number of hydrogen-bond donors (Lipinski definition) is 2. The Morgan fingerprint density at radius 3 is 3.17 bits per heavy atom. The van der Waals surface area contributed by atoms with Gasteiger partial charge in [0, 0.05) is 12.1 Å². The molecule has 1 aromatic carbocycles. The molecule has 6 heteroatoms. The summed E-state index contributed by atoms with van der Waals surface area (Å²) >= 11 is 4.86. The number of amides is 1. The summed E-state index contributed by atoms with van der Waals surface area (Å²) in [6.07, 6.45) is 0. The van der Waals surface area contributed by atoms with Gasteiger partial charge in [0.2, 0.25) is 0 Å². The van der Waals surface area contributed by atoms with E-state index < -0.39 is 0 Å². The number of H-pyrrole nitrogens is 1. The Morgan fingerprint density at radius 2 is 2.44 bits per heavy atom. The zero-order valence-corrected chi connectivity index (χ0v) is 10.5. The molecule has 2 rings (SSSR count). The lowest BCUT2D eigenvalue weighted by Crippen LogP contribution is -2.27. The molecule has 2 aromatic rings. The van der Waals surface area contributed by atoms with E-state index in [2.05, 4.69) is 16.4 Å². The number of aromatic nitrogens is 1. The van der Waals surface area contributed by atoms with Gasteiger partial charge in [-0.2, -0.15) is 5.26 Å². The molecule has 0 bridgehead atoms. The highest BCUT2D eigenvalue weighted by Crippen LogP contribution is 2.15. The molecule has 0 spiro atoms. The van der Waals surface area contributed by atoms with Gasteiger partial charge in [0.05, 0.1) is 17.5 Å². The first kappa shape index (κ1) is 12.3. The minimum atomic E-state index is -0.235. The van der Waals surface area contributed by atoms with Crippen LogP contribution in [0, 0.1) is 22.1 Å². The molecule has 92 valence electrons. The van der Waals surface area contributed by atoms with Gasteiger partial charge in [0.25, 0.3) is 10.7 Å². The van der Waals surface area contributed by atoms with Crippen LogP contribution < -0.4 is 5.32 Å². The van der Waals surface area contributed by atoms with Crippen molar-refractivity contribution >= 4 is 29.2 Å². The fourth-order valence-corrected chi connectivity index (χ4v) is 1.68. The summed E-state index contributed by atoms with van der Waals surface area (Å²) in [6, 6.07) is 7.08. The SMILES string of the molecule is CC(C#N)CNC(=O)c1ccc2[nH]c(=S)oc2c1. The van der Waals surface area contributed by atoms with Crippen LogP contribution in [-0.2, 0) is 0 Å². The topological polar surface area (TPSA) is 81.8 Å². The van der Waals surface area contributed by atoms with Crippen LogP contribution in [0.2, 0.25) is 0 Å². The lowest BCUT2D eigenvalue weighted by molar-refractivity contribution is 0.0951. The zero-order chi connectivity index (χ0) is 13.1. The summed E-state index contributed by atoms with van der Waals surface area (Å²) in [5.41, 5.74) is 1.77. The first-order chi connectivity index (χ1) is 8.60. The van der Waals surface area contributed by atoms with E-state index in [1.165, 1.54) is 0 Å². The Balaban J connectivity index is 2.18.